The number of rotatable bonds is 8. The van der Waals surface area contributed by atoms with E-state index in [1.807, 2.05) is 29.6 Å². The van der Waals surface area contributed by atoms with Crippen molar-refractivity contribution in [2.24, 2.45) is 0 Å². The first kappa shape index (κ1) is 21.3. The average molecular weight is 430 g/mol. The average Bonchev–Trinajstić information content (AvgIpc) is 3.23. The van der Waals surface area contributed by atoms with Gasteiger partial charge in [-0.1, -0.05) is 24.3 Å². The maximum absolute atomic E-state index is 12.6. The lowest BCUT2D eigenvalue weighted by Gasteiger charge is -2.13. The van der Waals surface area contributed by atoms with Crippen molar-refractivity contribution in [3.8, 4) is 10.4 Å². The largest absolute Gasteiger partial charge is 0.397 e. The molecule has 8 heteroatoms. The van der Waals surface area contributed by atoms with Gasteiger partial charge in [-0.05, 0) is 53.8 Å². The zero-order chi connectivity index (χ0) is 20.9. The predicted octanol–water partition coefficient (Wildman–Crippen LogP) is 5.63. The van der Waals surface area contributed by atoms with Crippen LogP contribution >= 0.6 is 18.9 Å². The maximum atomic E-state index is 12.6. The van der Waals surface area contributed by atoms with Gasteiger partial charge in [0.25, 0.3) is 5.91 Å². The number of amides is 1. The second kappa shape index (κ2) is 9.37. The number of benzene rings is 2. The molecule has 3 aromatic rings. The van der Waals surface area contributed by atoms with Gasteiger partial charge in [0, 0.05) is 17.1 Å². The molecule has 0 saturated carbocycles. The minimum absolute atomic E-state index is 0.144. The highest BCUT2D eigenvalue weighted by molar-refractivity contribution is 7.52. The third-order valence-corrected chi connectivity index (χ3v) is 6.40. The molecule has 0 aliphatic carbocycles. The van der Waals surface area contributed by atoms with E-state index in [9.17, 15) is 9.36 Å². The van der Waals surface area contributed by atoms with E-state index in [0.717, 1.165) is 16.0 Å². The van der Waals surface area contributed by atoms with Crippen molar-refractivity contribution in [1.82, 2.24) is 0 Å². The van der Waals surface area contributed by atoms with Crippen LogP contribution in [0.4, 0.5) is 11.4 Å². The van der Waals surface area contributed by atoms with E-state index in [0.29, 0.717) is 23.5 Å². The molecule has 6 nitrogen and oxygen atoms in total. The molecule has 1 aromatic heterocycles. The van der Waals surface area contributed by atoms with E-state index in [1.165, 1.54) is 6.66 Å². The van der Waals surface area contributed by atoms with Crippen LogP contribution in [-0.2, 0) is 20.2 Å². The molecule has 0 aliphatic rings. The fourth-order valence-corrected chi connectivity index (χ4v) is 4.32. The van der Waals surface area contributed by atoms with Gasteiger partial charge in [-0.25, -0.2) is 0 Å². The summed E-state index contributed by atoms with van der Waals surface area (Å²) in [5.74, 6) is -0.261. The van der Waals surface area contributed by atoms with Crippen LogP contribution in [0.3, 0.4) is 0 Å². The van der Waals surface area contributed by atoms with E-state index in [2.05, 4.69) is 5.32 Å². The van der Waals surface area contributed by atoms with Crippen molar-refractivity contribution >= 4 is 36.2 Å². The zero-order valence-corrected chi connectivity index (χ0v) is 18.0. The van der Waals surface area contributed by atoms with E-state index in [-0.39, 0.29) is 12.5 Å². The SMILES string of the molecule is CCOP(C)(=O)OCc1ccc(C(=O)Nc2cc(-c3cccs3)ccc2N)cc1. The Morgan fingerprint density at radius 3 is 2.55 bits per heavy atom. The smallest absolute Gasteiger partial charge is 0.327 e. The van der Waals surface area contributed by atoms with Gasteiger partial charge in [0.15, 0.2) is 0 Å². The number of thiophene rings is 1. The number of nitrogens with two attached hydrogens (primary N) is 1. The van der Waals surface area contributed by atoms with Crippen molar-refractivity contribution in [2.75, 3.05) is 24.3 Å². The van der Waals surface area contributed by atoms with Gasteiger partial charge >= 0.3 is 7.60 Å². The summed E-state index contributed by atoms with van der Waals surface area (Å²) in [6.07, 6.45) is 0. The van der Waals surface area contributed by atoms with Gasteiger partial charge in [0.2, 0.25) is 0 Å². The topological polar surface area (TPSA) is 90.6 Å². The number of carbonyl (C=O) groups excluding carboxylic acids is 1. The summed E-state index contributed by atoms with van der Waals surface area (Å²) in [4.78, 5) is 13.7. The second-order valence-electron chi connectivity index (χ2n) is 6.39. The first-order chi connectivity index (χ1) is 13.9. The van der Waals surface area contributed by atoms with Gasteiger partial charge in [-0.2, -0.15) is 0 Å². The molecule has 1 unspecified atom stereocenters. The number of anilines is 2. The van der Waals surface area contributed by atoms with Gasteiger partial charge < -0.3 is 20.1 Å². The van der Waals surface area contributed by atoms with Crippen LogP contribution < -0.4 is 11.1 Å². The molecule has 0 spiro atoms. The van der Waals surface area contributed by atoms with E-state index in [4.69, 9.17) is 14.8 Å². The molecule has 0 saturated heterocycles. The molecular weight excluding hydrogens is 407 g/mol. The Kier molecular flexibility index (Phi) is 6.87. The fourth-order valence-electron chi connectivity index (χ4n) is 2.67. The molecule has 0 fully saturated rings. The first-order valence-electron chi connectivity index (χ1n) is 9.08. The van der Waals surface area contributed by atoms with Crippen LogP contribution in [0.25, 0.3) is 10.4 Å². The Hall–Kier alpha value is -2.44. The molecule has 0 aliphatic heterocycles. The fraction of sp³-hybridized carbons (Fsp3) is 0.190. The van der Waals surface area contributed by atoms with E-state index in [1.54, 1.807) is 48.6 Å². The lowest BCUT2D eigenvalue weighted by atomic mass is 10.1. The quantitative estimate of drug-likeness (QED) is 0.357. The van der Waals surface area contributed by atoms with Crippen LogP contribution in [0.15, 0.2) is 60.0 Å². The predicted molar refractivity (Wildman–Crippen MR) is 119 cm³/mol. The molecule has 3 rings (SSSR count). The summed E-state index contributed by atoms with van der Waals surface area (Å²) in [5.41, 5.74) is 9.37. The van der Waals surface area contributed by atoms with Gasteiger partial charge in [-0.3, -0.25) is 9.36 Å². The summed E-state index contributed by atoms with van der Waals surface area (Å²) < 4.78 is 22.4. The number of nitrogens with one attached hydrogen (secondary N) is 1. The summed E-state index contributed by atoms with van der Waals surface area (Å²) >= 11 is 1.62. The normalized spacial score (nSPS) is 13.0. The molecule has 1 atom stereocenters. The zero-order valence-electron chi connectivity index (χ0n) is 16.3. The third kappa shape index (κ3) is 5.78. The van der Waals surface area contributed by atoms with Crippen molar-refractivity contribution in [3.63, 3.8) is 0 Å². The third-order valence-electron chi connectivity index (χ3n) is 4.15. The van der Waals surface area contributed by atoms with Gasteiger partial charge in [0.1, 0.15) is 0 Å². The first-order valence-corrected chi connectivity index (χ1v) is 11.9. The monoisotopic (exact) mass is 430 g/mol. The Bertz CT molecular complexity index is 1020. The maximum Gasteiger partial charge on any atom is 0.327 e. The summed E-state index contributed by atoms with van der Waals surface area (Å²) in [6.45, 7) is 3.66. The summed E-state index contributed by atoms with van der Waals surface area (Å²) in [7, 11) is -3.06. The Balaban J connectivity index is 1.67. The van der Waals surface area contributed by atoms with E-state index >= 15 is 0 Å². The van der Waals surface area contributed by atoms with Gasteiger partial charge in [-0.15, -0.1) is 11.3 Å². The van der Waals surface area contributed by atoms with Crippen molar-refractivity contribution in [1.29, 1.82) is 0 Å². The molecule has 1 heterocycles. The van der Waals surface area contributed by atoms with Crippen LogP contribution in [0.2, 0.25) is 0 Å². The number of carbonyl (C=O) groups is 1. The van der Waals surface area contributed by atoms with Gasteiger partial charge in [0.05, 0.1) is 24.6 Å². The Morgan fingerprint density at radius 1 is 1.14 bits per heavy atom. The van der Waals surface area contributed by atoms with E-state index < -0.39 is 7.60 Å². The molecular formula is C21H23N2O4PS. The molecule has 1 amide bonds. The van der Waals surface area contributed by atoms with Crippen LogP contribution in [0.1, 0.15) is 22.8 Å². The molecule has 0 bridgehead atoms. The number of nitrogen functional groups attached to an aromatic ring is 1. The minimum atomic E-state index is -3.06. The lowest BCUT2D eigenvalue weighted by Crippen LogP contribution is -2.13. The molecule has 29 heavy (non-hydrogen) atoms. The summed E-state index contributed by atoms with van der Waals surface area (Å²) in [6, 6.07) is 16.5. The van der Waals surface area contributed by atoms with Crippen LogP contribution in [-0.4, -0.2) is 19.2 Å². The highest BCUT2D eigenvalue weighted by atomic mass is 32.1. The number of hydrogen-bond acceptors (Lipinski definition) is 6. The van der Waals surface area contributed by atoms with Crippen LogP contribution in [0, 0.1) is 0 Å². The molecule has 3 N–H and O–H groups in total. The highest BCUT2D eigenvalue weighted by Crippen LogP contribution is 2.44. The highest BCUT2D eigenvalue weighted by Gasteiger charge is 2.16. The minimum Gasteiger partial charge on any atom is -0.397 e. The Labute approximate surface area is 174 Å². The number of hydrogen-bond donors (Lipinski definition) is 2. The molecule has 0 radical (unpaired) electrons. The second-order valence-corrected chi connectivity index (χ2v) is 9.40. The van der Waals surface area contributed by atoms with Crippen molar-refractivity contribution in [3.05, 3.63) is 71.1 Å². The molecule has 2 aromatic carbocycles. The van der Waals surface area contributed by atoms with Crippen molar-refractivity contribution in [2.45, 2.75) is 13.5 Å². The Morgan fingerprint density at radius 2 is 1.90 bits per heavy atom. The summed E-state index contributed by atoms with van der Waals surface area (Å²) in [5, 5.41) is 4.87. The molecule has 152 valence electrons. The van der Waals surface area contributed by atoms with Crippen molar-refractivity contribution < 1.29 is 18.4 Å². The van der Waals surface area contributed by atoms with Crippen LogP contribution in [0.5, 0.6) is 0 Å². The standard InChI is InChI=1S/C21H23N2O4PS/c1-3-26-28(2,25)27-14-15-6-8-16(9-7-15)21(24)23-19-13-17(10-11-18(19)22)20-5-4-12-29-20/h4-13H,3,14,22H2,1-2H3,(H,23,24). The lowest BCUT2D eigenvalue weighted by molar-refractivity contribution is 0.102.